The van der Waals surface area contributed by atoms with Crippen LogP contribution in [0, 0.1) is 6.92 Å². The fourth-order valence-electron chi connectivity index (χ4n) is 5.85. The van der Waals surface area contributed by atoms with E-state index in [0.717, 1.165) is 59.2 Å². The summed E-state index contributed by atoms with van der Waals surface area (Å²) in [6.07, 6.45) is 7.22. The molecule has 0 unspecified atom stereocenters. The lowest BCUT2D eigenvalue weighted by molar-refractivity contribution is 0.173. The predicted octanol–water partition coefficient (Wildman–Crippen LogP) is 5.72. The molecule has 5 aromatic rings. The average Bonchev–Trinajstić information content (AvgIpc) is 3.67. The van der Waals surface area contributed by atoms with Crippen LogP contribution >= 0.6 is 0 Å². The maximum atomic E-state index is 13.8. The molecule has 40 heavy (non-hydrogen) atoms. The number of nitrogens with zero attached hydrogens (tertiary/aromatic N) is 5. The Morgan fingerprint density at radius 3 is 2.75 bits per heavy atom. The third-order valence-corrected chi connectivity index (χ3v) is 7.83. The van der Waals surface area contributed by atoms with Gasteiger partial charge in [-0.3, -0.25) is 9.69 Å². The third-order valence-electron chi connectivity index (χ3n) is 7.83. The molecule has 0 amide bonds. The first-order valence-corrected chi connectivity index (χ1v) is 13.9. The summed E-state index contributed by atoms with van der Waals surface area (Å²) >= 11 is 0. The minimum Gasteiger partial charge on any atom is -0.497 e. The minimum absolute atomic E-state index is 0.156. The second-order valence-corrected chi connectivity index (χ2v) is 10.7. The molecule has 6 rings (SSSR count). The zero-order valence-electron chi connectivity index (χ0n) is 22.9. The van der Waals surface area contributed by atoms with Crippen molar-refractivity contribution in [2.75, 3.05) is 7.11 Å². The van der Waals surface area contributed by atoms with Crippen molar-refractivity contribution in [3.8, 4) is 5.75 Å². The molecule has 9 heteroatoms. The molecule has 0 aliphatic heterocycles. The number of methoxy groups -OCH3 is 1. The quantitative estimate of drug-likeness (QED) is 0.256. The smallest absolute Gasteiger partial charge is 0.253 e. The summed E-state index contributed by atoms with van der Waals surface area (Å²) < 4.78 is 13.3. The molecule has 0 radical (unpaired) electrons. The summed E-state index contributed by atoms with van der Waals surface area (Å²) in [5.74, 6) is 2.23. The normalized spacial score (nSPS) is 15.1. The molecule has 0 bridgehead atoms. The monoisotopic (exact) mass is 538 g/mol. The van der Waals surface area contributed by atoms with Crippen LogP contribution in [0.2, 0.25) is 0 Å². The predicted molar refractivity (Wildman–Crippen MR) is 152 cm³/mol. The van der Waals surface area contributed by atoms with Gasteiger partial charge in [0.05, 0.1) is 26.0 Å². The van der Waals surface area contributed by atoms with E-state index in [4.69, 9.17) is 9.15 Å². The summed E-state index contributed by atoms with van der Waals surface area (Å²) in [7, 11) is 1.66. The molecule has 1 N–H and O–H groups in total. The first kappa shape index (κ1) is 26.0. The average molecular weight is 539 g/mol. The van der Waals surface area contributed by atoms with Crippen molar-refractivity contribution in [3.05, 3.63) is 106 Å². The Bertz CT molecular complexity index is 1630. The molecule has 2 aromatic carbocycles. The number of nitrogens with one attached hydrogen (secondary N) is 1. The molecule has 1 saturated carbocycles. The summed E-state index contributed by atoms with van der Waals surface area (Å²) in [4.78, 5) is 19.2. The van der Waals surface area contributed by atoms with E-state index in [1.54, 1.807) is 13.4 Å². The zero-order chi connectivity index (χ0) is 27.5. The van der Waals surface area contributed by atoms with E-state index in [0.29, 0.717) is 24.5 Å². The van der Waals surface area contributed by atoms with Gasteiger partial charge in [-0.1, -0.05) is 43.5 Å². The van der Waals surface area contributed by atoms with Crippen LogP contribution in [0.5, 0.6) is 5.75 Å². The number of aryl methyl sites for hydroxylation is 1. The van der Waals surface area contributed by atoms with E-state index >= 15 is 0 Å². The van der Waals surface area contributed by atoms with Gasteiger partial charge in [0.2, 0.25) is 0 Å². The number of rotatable bonds is 9. The van der Waals surface area contributed by atoms with E-state index in [-0.39, 0.29) is 11.6 Å². The van der Waals surface area contributed by atoms with Crippen molar-refractivity contribution < 1.29 is 9.15 Å². The van der Waals surface area contributed by atoms with Gasteiger partial charge < -0.3 is 14.1 Å². The summed E-state index contributed by atoms with van der Waals surface area (Å²) in [6.45, 7) is 3.00. The van der Waals surface area contributed by atoms with Crippen molar-refractivity contribution in [2.45, 2.75) is 64.2 Å². The van der Waals surface area contributed by atoms with Crippen molar-refractivity contribution in [1.82, 2.24) is 30.1 Å². The summed E-state index contributed by atoms with van der Waals surface area (Å²) in [5.41, 5.74) is 3.38. The number of tetrazole rings is 1. The Morgan fingerprint density at radius 2 is 1.95 bits per heavy atom. The minimum atomic E-state index is -0.525. The molecule has 1 atom stereocenters. The van der Waals surface area contributed by atoms with Crippen molar-refractivity contribution in [2.24, 2.45) is 0 Å². The largest absolute Gasteiger partial charge is 0.497 e. The van der Waals surface area contributed by atoms with Gasteiger partial charge in [-0.25, -0.2) is 4.68 Å². The van der Waals surface area contributed by atoms with E-state index in [2.05, 4.69) is 37.5 Å². The molecule has 0 saturated heterocycles. The second kappa shape index (κ2) is 11.5. The van der Waals surface area contributed by atoms with Gasteiger partial charge in [-0.2, -0.15) is 0 Å². The molecule has 1 aliphatic rings. The molecule has 3 aromatic heterocycles. The van der Waals surface area contributed by atoms with E-state index in [1.165, 1.54) is 6.42 Å². The fourth-order valence-corrected chi connectivity index (χ4v) is 5.85. The number of aromatic amines is 1. The fraction of sp³-hybridized carbons (Fsp3) is 0.355. The highest BCUT2D eigenvalue weighted by molar-refractivity contribution is 5.79. The maximum absolute atomic E-state index is 13.8. The Morgan fingerprint density at radius 1 is 1.07 bits per heavy atom. The van der Waals surface area contributed by atoms with Gasteiger partial charge in [-0.15, -0.1) is 5.10 Å². The number of H-pyrrole nitrogens is 1. The van der Waals surface area contributed by atoms with E-state index < -0.39 is 6.04 Å². The molecular formula is C31H34N6O3. The number of furan rings is 1. The number of fused-ring (bicyclic) bond motifs is 1. The van der Waals surface area contributed by atoms with Gasteiger partial charge in [0, 0.05) is 17.6 Å². The Labute approximate surface area is 232 Å². The summed E-state index contributed by atoms with van der Waals surface area (Å²) in [6, 6.07) is 19.6. The molecular weight excluding hydrogens is 504 g/mol. The van der Waals surface area contributed by atoms with Crippen LogP contribution in [0.25, 0.3) is 10.9 Å². The topological polar surface area (TPSA) is 102 Å². The first-order chi connectivity index (χ1) is 19.6. The highest BCUT2D eigenvalue weighted by Crippen LogP contribution is 2.35. The SMILES string of the molecule is COc1cccc(CN(Cc2ccco2)[C@@H](c2cc3ccc(C)cc3[nH]c2=O)c2nnnn2C2CCCCC2)c1. The van der Waals surface area contributed by atoms with Crippen LogP contribution < -0.4 is 10.3 Å². The van der Waals surface area contributed by atoms with Crippen LogP contribution in [-0.2, 0) is 13.1 Å². The Hall–Kier alpha value is -4.24. The number of benzene rings is 2. The van der Waals surface area contributed by atoms with Gasteiger partial charge in [0.15, 0.2) is 5.82 Å². The van der Waals surface area contributed by atoms with Gasteiger partial charge >= 0.3 is 0 Å². The van der Waals surface area contributed by atoms with Crippen molar-refractivity contribution >= 4 is 10.9 Å². The lowest BCUT2D eigenvalue weighted by Crippen LogP contribution is -2.35. The number of pyridine rings is 1. The number of hydrogen-bond donors (Lipinski definition) is 1. The highest BCUT2D eigenvalue weighted by Gasteiger charge is 2.33. The molecule has 9 nitrogen and oxygen atoms in total. The Balaban J connectivity index is 1.52. The van der Waals surface area contributed by atoms with Crippen molar-refractivity contribution in [3.63, 3.8) is 0 Å². The standard InChI is InChI=1S/C31H34N6O3/c1-21-13-14-23-18-27(31(38)32-28(23)16-21)29(30-33-34-35-37(30)24-9-4-3-5-10-24)36(20-26-12-7-15-40-26)19-22-8-6-11-25(17-22)39-2/h6-8,11-18,24,29H,3-5,9-10,19-20H2,1-2H3,(H,32,38)/t29-/m0/s1. The van der Waals surface area contributed by atoms with Gasteiger partial charge in [-0.05, 0) is 83.1 Å². The van der Waals surface area contributed by atoms with Crippen molar-refractivity contribution in [1.29, 1.82) is 0 Å². The lowest BCUT2D eigenvalue weighted by atomic mass is 9.95. The molecule has 1 fully saturated rings. The van der Waals surface area contributed by atoms with E-state index in [1.807, 2.05) is 60.1 Å². The van der Waals surface area contributed by atoms with Gasteiger partial charge in [0.25, 0.3) is 5.56 Å². The molecule has 3 heterocycles. The van der Waals surface area contributed by atoms with Crippen LogP contribution in [-0.4, -0.2) is 37.2 Å². The highest BCUT2D eigenvalue weighted by atomic mass is 16.5. The van der Waals surface area contributed by atoms with Crippen LogP contribution in [0.4, 0.5) is 0 Å². The molecule has 0 spiro atoms. The van der Waals surface area contributed by atoms with Crippen LogP contribution in [0.1, 0.15) is 72.5 Å². The lowest BCUT2D eigenvalue weighted by Gasteiger charge is -2.32. The molecule has 1 aliphatic carbocycles. The third kappa shape index (κ3) is 5.42. The van der Waals surface area contributed by atoms with Gasteiger partial charge in [0.1, 0.15) is 17.6 Å². The second-order valence-electron chi connectivity index (χ2n) is 10.7. The summed E-state index contributed by atoms with van der Waals surface area (Å²) in [5, 5.41) is 14.2. The first-order valence-electron chi connectivity index (χ1n) is 13.9. The molecule has 206 valence electrons. The zero-order valence-corrected chi connectivity index (χ0v) is 22.9. The number of aromatic nitrogens is 5. The number of ether oxygens (including phenoxy) is 1. The van der Waals surface area contributed by atoms with Crippen LogP contribution in [0.3, 0.4) is 0 Å². The number of hydrogen-bond acceptors (Lipinski definition) is 7. The van der Waals surface area contributed by atoms with E-state index in [9.17, 15) is 4.79 Å². The Kier molecular flexibility index (Phi) is 7.46. The maximum Gasteiger partial charge on any atom is 0.253 e. The van der Waals surface area contributed by atoms with Crippen LogP contribution in [0.15, 0.2) is 76.1 Å².